The average molecular weight is 651 g/mol. The van der Waals surface area contributed by atoms with Crippen molar-refractivity contribution in [2.45, 2.75) is 84.5 Å². The van der Waals surface area contributed by atoms with E-state index in [1.165, 1.54) is 6.33 Å². The lowest BCUT2D eigenvalue weighted by Gasteiger charge is -2.32. The van der Waals surface area contributed by atoms with Gasteiger partial charge < -0.3 is 24.1 Å². The monoisotopic (exact) mass is 650 g/mol. The molecule has 0 aliphatic carbocycles. The van der Waals surface area contributed by atoms with Gasteiger partial charge in [-0.3, -0.25) is 9.63 Å². The van der Waals surface area contributed by atoms with Crippen molar-refractivity contribution in [3.8, 4) is 29.6 Å². The lowest BCUT2D eigenvalue weighted by atomic mass is 9.78. The fourth-order valence-electron chi connectivity index (χ4n) is 5.21. The van der Waals surface area contributed by atoms with E-state index in [-0.39, 0.29) is 12.5 Å². The number of carbonyl (C=O) groups excluding carboxylic acids is 1. The van der Waals surface area contributed by atoms with Gasteiger partial charge in [0.05, 0.1) is 23.8 Å². The van der Waals surface area contributed by atoms with Gasteiger partial charge in [0.1, 0.15) is 24.5 Å². The molecular weight excluding hydrogens is 607 g/mol. The molecule has 48 heavy (non-hydrogen) atoms. The van der Waals surface area contributed by atoms with Crippen LogP contribution < -0.4 is 25.7 Å². The molecule has 1 aliphatic heterocycles. The fourth-order valence-corrected chi connectivity index (χ4v) is 5.21. The predicted molar refractivity (Wildman–Crippen MR) is 188 cm³/mol. The smallest absolute Gasteiger partial charge is 0.493 e. The van der Waals surface area contributed by atoms with Crippen LogP contribution in [0.3, 0.4) is 0 Å². The van der Waals surface area contributed by atoms with Crippen LogP contribution in [0, 0.1) is 12.3 Å². The summed E-state index contributed by atoms with van der Waals surface area (Å²) >= 11 is 0. The second kappa shape index (κ2) is 15.1. The average Bonchev–Trinajstić information content (AvgIpc) is 3.29. The molecule has 1 aliphatic rings. The number of amides is 1. The number of hydrogen-bond donors (Lipinski definition) is 2. The normalized spacial score (nSPS) is 14.8. The zero-order valence-electron chi connectivity index (χ0n) is 28.5. The quantitative estimate of drug-likeness (QED) is 0.0647. The molecular formula is C37H43BN4O6. The van der Waals surface area contributed by atoms with Gasteiger partial charge in [-0.1, -0.05) is 50.3 Å². The van der Waals surface area contributed by atoms with Crippen LogP contribution in [0.4, 0.5) is 11.5 Å². The molecule has 250 valence electrons. The molecule has 0 atom stereocenters. The Labute approximate surface area is 283 Å². The molecule has 2 N–H and O–H groups in total. The summed E-state index contributed by atoms with van der Waals surface area (Å²) in [6.45, 7) is 10.2. The van der Waals surface area contributed by atoms with E-state index >= 15 is 0 Å². The van der Waals surface area contributed by atoms with Crippen LogP contribution in [-0.2, 0) is 25.5 Å². The number of benzene rings is 3. The molecule has 0 spiro atoms. The zero-order chi connectivity index (χ0) is 34.3. The number of unbranched alkanes of at least 4 members (excludes halogenated alkanes) is 3. The number of hydroxylamine groups is 1. The Morgan fingerprint density at radius 3 is 2.48 bits per heavy atom. The largest absolute Gasteiger partial charge is 0.494 e. The Balaban J connectivity index is 1.46. The highest BCUT2D eigenvalue weighted by Crippen LogP contribution is 2.40. The molecule has 2 heterocycles. The Bertz CT molecular complexity index is 1790. The summed E-state index contributed by atoms with van der Waals surface area (Å²) in [7, 11) is 0.956. The molecule has 10 nitrogen and oxygen atoms in total. The molecule has 11 heteroatoms. The van der Waals surface area contributed by atoms with E-state index in [1.54, 1.807) is 13.2 Å². The first-order valence-corrected chi connectivity index (χ1v) is 16.3. The van der Waals surface area contributed by atoms with Crippen molar-refractivity contribution in [1.82, 2.24) is 15.4 Å². The van der Waals surface area contributed by atoms with Crippen molar-refractivity contribution >= 4 is 40.9 Å². The maximum absolute atomic E-state index is 12.4. The highest BCUT2D eigenvalue weighted by Gasteiger charge is 2.51. The van der Waals surface area contributed by atoms with E-state index in [2.05, 4.69) is 33.6 Å². The van der Waals surface area contributed by atoms with Crippen LogP contribution in [0.15, 0.2) is 60.9 Å². The maximum Gasteiger partial charge on any atom is 0.494 e. The van der Waals surface area contributed by atoms with Gasteiger partial charge in [-0.25, -0.2) is 15.4 Å². The highest BCUT2D eigenvalue weighted by atomic mass is 16.7. The van der Waals surface area contributed by atoms with E-state index in [0.717, 1.165) is 42.4 Å². The van der Waals surface area contributed by atoms with Crippen LogP contribution >= 0.6 is 0 Å². The molecule has 1 aromatic heterocycles. The number of nitrogens with zero attached hydrogens (tertiary/aromatic N) is 2. The zero-order valence-corrected chi connectivity index (χ0v) is 28.5. The Morgan fingerprint density at radius 2 is 1.75 bits per heavy atom. The van der Waals surface area contributed by atoms with Crippen molar-refractivity contribution in [3.05, 3.63) is 72.1 Å². The minimum absolute atomic E-state index is 0.0665. The number of anilines is 2. The van der Waals surface area contributed by atoms with Crippen LogP contribution in [-0.4, -0.2) is 41.3 Å². The predicted octanol–water partition coefficient (Wildman–Crippen LogP) is 6.97. The Kier molecular flexibility index (Phi) is 10.9. The molecule has 1 fully saturated rings. The van der Waals surface area contributed by atoms with Gasteiger partial charge in [0.25, 0.3) is 0 Å². The standard InChI is InChI=1S/C37H43BN4O6/c1-8-10-11-12-16-34(43)42-45-23-26-17-18-27(38-47-36(3,4)37(5,6)48-38)20-31(26)46-33-21-29-30(22-32(33)44-7)39-24-40-35(29)41-28-15-13-14-25(9-2)19-28/h2,13-15,17-22,24H,8,10-12,16,23H2,1,3-7H3,(H,42,43)(H,39,40,41). The van der Waals surface area contributed by atoms with E-state index < -0.39 is 18.3 Å². The minimum atomic E-state index is -0.614. The van der Waals surface area contributed by atoms with Gasteiger partial charge in [-0.15, -0.1) is 6.42 Å². The van der Waals surface area contributed by atoms with Gasteiger partial charge in [0.2, 0.25) is 5.91 Å². The van der Waals surface area contributed by atoms with E-state index in [0.29, 0.717) is 46.0 Å². The molecule has 0 bridgehead atoms. The molecule has 0 saturated carbocycles. The molecule has 5 rings (SSSR count). The molecule has 1 amide bonds. The van der Waals surface area contributed by atoms with Gasteiger partial charge >= 0.3 is 7.12 Å². The number of ether oxygens (including phenoxy) is 2. The second-order valence-corrected chi connectivity index (χ2v) is 12.8. The summed E-state index contributed by atoms with van der Waals surface area (Å²) in [5.74, 6) is 4.43. The van der Waals surface area contributed by atoms with E-state index in [9.17, 15) is 4.79 Å². The summed E-state index contributed by atoms with van der Waals surface area (Å²) in [5.41, 5.74) is 5.17. The topological polar surface area (TPSA) is 113 Å². The number of carbonyl (C=O) groups is 1. The third kappa shape index (κ3) is 8.08. The fraction of sp³-hybridized carbons (Fsp3) is 0.378. The number of aromatic nitrogens is 2. The van der Waals surface area contributed by atoms with E-state index in [1.807, 2.05) is 76.2 Å². The Hall–Kier alpha value is -4.63. The third-order valence-corrected chi connectivity index (χ3v) is 8.72. The number of fused-ring (bicyclic) bond motifs is 1. The van der Waals surface area contributed by atoms with Crippen molar-refractivity contribution in [2.24, 2.45) is 0 Å². The second-order valence-electron chi connectivity index (χ2n) is 12.8. The summed E-state index contributed by atoms with van der Waals surface area (Å²) in [5, 5.41) is 4.05. The number of methoxy groups -OCH3 is 1. The summed E-state index contributed by atoms with van der Waals surface area (Å²) < 4.78 is 25.0. The minimum Gasteiger partial charge on any atom is -0.493 e. The third-order valence-electron chi connectivity index (χ3n) is 8.72. The first-order valence-electron chi connectivity index (χ1n) is 16.3. The first-order chi connectivity index (χ1) is 23.0. The van der Waals surface area contributed by atoms with Crippen molar-refractivity contribution in [2.75, 3.05) is 12.4 Å². The van der Waals surface area contributed by atoms with E-state index in [4.69, 9.17) is 30.0 Å². The van der Waals surface area contributed by atoms with Gasteiger partial charge in [-0.05, 0) is 69.9 Å². The van der Waals surface area contributed by atoms with Crippen LogP contribution in [0.5, 0.6) is 17.2 Å². The maximum atomic E-state index is 12.4. The molecule has 1 saturated heterocycles. The van der Waals surface area contributed by atoms with Crippen LogP contribution in [0.25, 0.3) is 10.9 Å². The SMILES string of the molecule is C#Cc1cccc(Nc2ncnc3cc(OC)c(Oc4cc(B5OC(C)(C)C(C)(C)O5)ccc4CONC(=O)CCCCCC)cc23)c1. The summed E-state index contributed by atoms with van der Waals surface area (Å²) in [4.78, 5) is 27.0. The van der Waals surface area contributed by atoms with Gasteiger partial charge in [0.15, 0.2) is 11.5 Å². The van der Waals surface area contributed by atoms with Crippen molar-refractivity contribution in [3.63, 3.8) is 0 Å². The number of nitrogens with one attached hydrogen (secondary N) is 2. The molecule has 3 aromatic carbocycles. The molecule has 0 unspecified atom stereocenters. The lowest BCUT2D eigenvalue weighted by Crippen LogP contribution is -2.41. The van der Waals surface area contributed by atoms with Crippen molar-refractivity contribution in [1.29, 1.82) is 0 Å². The van der Waals surface area contributed by atoms with Crippen LogP contribution in [0.1, 0.15) is 77.8 Å². The van der Waals surface area contributed by atoms with Crippen LogP contribution in [0.2, 0.25) is 0 Å². The van der Waals surface area contributed by atoms with Crippen molar-refractivity contribution < 1.29 is 28.4 Å². The number of hydrogen-bond acceptors (Lipinski definition) is 9. The van der Waals surface area contributed by atoms with Gasteiger partial charge in [-0.2, -0.15) is 0 Å². The van der Waals surface area contributed by atoms with Gasteiger partial charge in [0, 0.05) is 34.7 Å². The Morgan fingerprint density at radius 1 is 0.958 bits per heavy atom. The number of rotatable bonds is 14. The molecule has 0 radical (unpaired) electrons. The summed E-state index contributed by atoms with van der Waals surface area (Å²) in [6.07, 6.45) is 11.5. The highest BCUT2D eigenvalue weighted by molar-refractivity contribution is 6.62. The summed E-state index contributed by atoms with van der Waals surface area (Å²) in [6, 6.07) is 16.8. The number of terminal acetylenes is 1. The lowest BCUT2D eigenvalue weighted by molar-refractivity contribution is -0.134. The molecule has 4 aromatic rings. The first kappa shape index (κ1) is 34.7.